The zero-order valence-electron chi connectivity index (χ0n) is 19.9. The smallest absolute Gasteiger partial charge is 0.160 e. The first kappa shape index (κ1) is 23.8. The maximum atomic E-state index is 12.7. The fourth-order valence-corrected chi connectivity index (χ4v) is 11.7. The monoisotopic (exact) mass is 542 g/mol. The minimum atomic E-state index is 0.0486. The number of carbonyl (C=O) groups excluding carboxylic acids is 1. The molecule has 0 N–H and O–H groups in total. The van der Waals surface area contributed by atoms with E-state index in [9.17, 15) is 4.79 Å². The van der Waals surface area contributed by atoms with E-state index >= 15 is 0 Å². The molecule has 4 aliphatic carbocycles. The van der Waals surface area contributed by atoms with Crippen molar-refractivity contribution in [3.05, 3.63) is 0 Å². The highest BCUT2D eigenvalue weighted by Gasteiger charge is 2.62. The van der Waals surface area contributed by atoms with E-state index in [1.807, 2.05) is 0 Å². The van der Waals surface area contributed by atoms with E-state index in [1.54, 1.807) is 0 Å². The maximum Gasteiger partial charge on any atom is 0.160 e. The molecule has 30 heavy (non-hydrogen) atoms. The Hall–Kier alpha value is 0.630. The van der Waals surface area contributed by atoms with Crippen molar-refractivity contribution in [1.29, 1.82) is 0 Å². The molecule has 0 aliphatic heterocycles. The number of rotatable bonds is 5. The summed E-state index contributed by atoms with van der Waals surface area (Å²) in [6.07, 6.45) is 13.6. The zero-order valence-corrected chi connectivity index (χ0v) is 23.1. The summed E-state index contributed by atoms with van der Waals surface area (Å²) in [6.45, 7) is 12.5. The van der Waals surface area contributed by atoms with Crippen molar-refractivity contribution in [3.8, 4) is 0 Å². The summed E-state index contributed by atoms with van der Waals surface area (Å²) in [5.74, 6) is 6.23. The Labute approximate surface area is 202 Å². The zero-order chi connectivity index (χ0) is 21.8. The first-order valence-electron chi connectivity index (χ1n) is 12.9. The Bertz CT molecular complexity index is 647. The maximum absolute atomic E-state index is 12.7. The Kier molecular flexibility index (Phi) is 6.95. The van der Waals surface area contributed by atoms with Gasteiger partial charge in [0, 0.05) is 0 Å². The van der Waals surface area contributed by atoms with Crippen molar-refractivity contribution in [2.75, 3.05) is 0 Å². The number of carbonyl (C=O) groups is 1. The average Bonchev–Trinajstić information content (AvgIpc) is 3.03. The highest BCUT2D eigenvalue weighted by atomic mass is 79.9. The Morgan fingerprint density at radius 3 is 2.27 bits per heavy atom. The number of halogens is 2. The topological polar surface area (TPSA) is 17.1 Å². The molecular weight excluding hydrogens is 500 g/mol. The molecule has 0 spiro atoms. The van der Waals surface area contributed by atoms with Gasteiger partial charge in [-0.3, -0.25) is 4.79 Å². The standard InChI is InChI=1S/C27H44Br2O/c1-16(2)7-6-8-17(3)19-11-12-20-18-9-10-22-24(29)25(30)23(28)15-27(22,5)21(18)13-14-26(19,20)4/h16-24H,6-15H2,1-5H3/t17-,18+,19+,20-,21-,22+,23-,24+,26+,27-/m1/s1. The lowest BCUT2D eigenvalue weighted by Crippen LogP contribution is -2.58. The second kappa shape index (κ2) is 8.77. The van der Waals surface area contributed by atoms with Gasteiger partial charge in [-0.2, -0.15) is 0 Å². The van der Waals surface area contributed by atoms with Crippen LogP contribution in [0.1, 0.15) is 98.8 Å². The molecule has 10 atom stereocenters. The molecule has 1 nitrogen and oxygen atoms in total. The minimum Gasteiger partial charge on any atom is -0.297 e. The predicted octanol–water partition coefficient (Wildman–Crippen LogP) is 8.42. The molecule has 172 valence electrons. The van der Waals surface area contributed by atoms with Crippen LogP contribution in [0.25, 0.3) is 0 Å². The van der Waals surface area contributed by atoms with E-state index < -0.39 is 0 Å². The number of ketones is 1. The van der Waals surface area contributed by atoms with Crippen LogP contribution in [0.5, 0.6) is 0 Å². The van der Waals surface area contributed by atoms with Crippen LogP contribution in [-0.2, 0) is 4.79 Å². The van der Waals surface area contributed by atoms with Gasteiger partial charge >= 0.3 is 0 Å². The summed E-state index contributed by atoms with van der Waals surface area (Å²) in [7, 11) is 0. The van der Waals surface area contributed by atoms with Gasteiger partial charge in [0.05, 0.1) is 9.65 Å². The van der Waals surface area contributed by atoms with Crippen LogP contribution in [0, 0.1) is 52.3 Å². The average molecular weight is 544 g/mol. The fourth-order valence-electron chi connectivity index (χ4n) is 9.15. The minimum absolute atomic E-state index is 0.0486. The van der Waals surface area contributed by atoms with Gasteiger partial charge in [0.25, 0.3) is 0 Å². The molecule has 3 heteroatoms. The molecule has 0 amide bonds. The van der Waals surface area contributed by atoms with Crippen molar-refractivity contribution in [1.82, 2.24) is 0 Å². The van der Waals surface area contributed by atoms with E-state index in [4.69, 9.17) is 0 Å². The highest BCUT2D eigenvalue weighted by molar-refractivity contribution is 9.10. The molecule has 0 radical (unpaired) electrons. The van der Waals surface area contributed by atoms with Gasteiger partial charge in [0.15, 0.2) is 5.78 Å². The normalized spacial score (nSPS) is 49.5. The lowest BCUT2D eigenvalue weighted by molar-refractivity contribution is -0.137. The Morgan fingerprint density at radius 1 is 0.900 bits per heavy atom. The van der Waals surface area contributed by atoms with Gasteiger partial charge < -0.3 is 0 Å². The van der Waals surface area contributed by atoms with Crippen LogP contribution in [0.2, 0.25) is 0 Å². The molecule has 0 aromatic carbocycles. The lowest BCUT2D eigenvalue weighted by atomic mass is 9.44. The summed E-state index contributed by atoms with van der Waals surface area (Å²) in [6, 6.07) is 0. The number of hydrogen-bond acceptors (Lipinski definition) is 1. The third-order valence-electron chi connectivity index (χ3n) is 10.7. The quantitative estimate of drug-likeness (QED) is 0.318. The van der Waals surface area contributed by atoms with Crippen LogP contribution in [-0.4, -0.2) is 15.4 Å². The molecule has 0 bridgehead atoms. The van der Waals surface area contributed by atoms with Gasteiger partial charge in [0.1, 0.15) is 0 Å². The van der Waals surface area contributed by atoms with Gasteiger partial charge in [-0.1, -0.05) is 85.7 Å². The van der Waals surface area contributed by atoms with Gasteiger partial charge in [0.2, 0.25) is 0 Å². The van der Waals surface area contributed by atoms with Crippen molar-refractivity contribution < 1.29 is 4.79 Å². The molecule has 0 unspecified atom stereocenters. The third-order valence-corrected chi connectivity index (χ3v) is 12.6. The fraction of sp³-hybridized carbons (Fsp3) is 0.963. The van der Waals surface area contributed by atoms with Gasteiger partial charge in [-0.05, 0) is 97.2 Å². The van der Waals surface area contributed by atoms with Crippen molar-refractivity contribution in [3.63, 3.8) is 0 Å². The number of Topliss-reactive ketones (excluding diaryl/α,β-unsaturated/α-hetero) is 1. The van der Waals surface area contributed by atoms with Gasteiger partial charge in [-0.25, -0.2) is 0 Å². The Morgan fingerprint density at radius 2 is 1.57 bits per heavy atom. The number of fused-ring (bicyclic) bond motifs is 5. The Balaban J connectivity index is 1.50. The summed E-state index contributed by atoms with van der Waals surface area (Å²) in [5, 5.41) is 0. The third kappa shape index (κ3) is 3.82. The summed E-state index contributed by atoms with van der Waals surface area (Å²) in [4.78, 5) is 12.8. The van der Waals surface area contributed by atoms with Crippen molar-refractivity contribution in [2.45, 2.75) is 108 Å². The van der Waals surface area contributed by atoms with Crippen LogP contribution in [0.15, 0.2) is 0 Å². The predicted molar refractivity (Wildman–Crippen MR) is 134 cm³/mol. The van der Waals surface area contributed by atoms with E-state index in [2.05, 4.69) is 66.5 Å². The summed E-state index contributed by atoms with van der Waals surface area (Å²) < 4.78 is 0. The van der Waals surface area contributed by atoms with Crippen molar-refractivity contribution >= 4 is 37.6 Å². The van der Waals surface area contributed by atoms with E-state index in [0.717, 1.165) is 41.9 Å². The largest absolute Gasteiger partial charge is 0.297 e. The molecule has 0 heterocycles. The van der Waals surface area contributed by atoms with E-state index in [1.165, 1.54) is 57.8 Å². The second-order valence-electron chi connectivity index (χ2n) is 12.6. The van der Waals surface area contributed by atoms with Crippen LogP contribution < -0.4 is 0 Å². The molecular formula is C27H44Br2O. The second-order valence-corrected chi connectivity index (χ2v) is 14.7. The molecule has 4 rings (SSSR count). The molecule has 0 aromatic rings. The van der Waals surface area contributed by atoms with Crippen LogP contribution >= 0.6 is 31.9 Å². The number of alkyl halides is 2. The van der Waals surface area contributed by atoms with Crippen molar-refractivity contribution in [2.24, 2.45) is 52.3 Å². The molecule has 0 saturated heterocycles. The first-order valence-corrected chi connectivity index (χ1v) is 14.7. The first-order chi connectivity index (χ1) is 14.1. The van der Waals surface area contributed by atoms with E-state index in [0.29, 0.717) is 22.5 Å². The summed E-state index contributed by atoms with van der Waals surface area (Å²) >= 11 is 7.60. The SMILES string of the molecule is CC(C)CCC[C@@H](C)[C@@H]1CC[C@@H]2[C@@H]3CC[C@H]4[C@H](Br)C(=O)[C@H](Br)C[C@]4(C)[C@@H]3CC[C@]21C. The lowest BCUT2D eigenvalue weighted by Gasteiger charge is -2.61. The highest BCUT2D eigenvalue weighted by Crippen LogP contribution is 2.68. The van der Waals surface area contributed by atoms with E-state index in [-0.39, 0.29) is 9.65 Å². The summed E-state index contributed by atoms with van der Waals surface area (Å²) in [5.41, 5.74) is 0.884. The number of hydrogen-bond donors (Lipinski definition) is 0. The van der Waals surface area contributed by atoms with Crippen LogP contribution in [0.3, 0.4) is 0 Å². The molecule has 0 aromatic heterocycles. The molecule has 4 aliphatic rings. The molecule has 4 saturated carbocycles. The van der Waals surface area contributed by atoms with Crippen LogP contribution in [0.4, 0.5) is 0 Å². The van der Waals surface area contributed by atoms with Gasteiger partial charge in [-0.15, -0.1) is 0 Å². The molecule has 4 fully saturated rings.